The standard InChI is InChI=1S/C24H25N3O4/c1-3-27(16-17-8-6-12-21-22(17)31-15-14-30-21)24(28)18-9-7-13-25-23(18)26-19-10-4-5-11-20(19)29-2/h4-13H,3,14-16H2,1-2H3,(H,25,26). The second-order valence-corrected chi connectivity index (χ2v) is 6.99. The summed E-state index contributed by atoms with van der Waals surface area (Å²) in [6.45, 7) is 3.92. The molecular formula is C24H25N3O4. The van der Waals surface area contributed by atoms with Crippen molar-refractivity contribution in [1.29, 1.82) is 0 Å². The van der Waals surface area contributed by atoms with Gasteiger partial charge in [0.2, 0.25) is 0 Å². The van der Waals surface area contributed by atoms with Crippen molar-refractivity contribution < 1.29 is 19.0 Å². The number of carbonyl (C=O) groups excluding carboxylic acids is 1. The predicted octanol–water partition coefficient (Wildman–Crippen LogP) is 4.27. The second kappa shape index (κ2) is 9.38. The molecule has 3 aromatic rings. The summed E-state index contributed by atoms with van der Waals surface area (Å²) < 4.78 is 16.9. The minimum Gasteiger partial charge on any atom is -0.495 e. The number of aromatic nitrogens is 1. The van der Waals surface area contributed by atoms with Gasteiger partial charge < -0.3 is 24.4 Å². The van der Waals surface area contributed by atoms with E-state index < -0.39 is 0 Å². The Morgan fingerprint density at radius 1 is 1.10 bits per heavy atom. The van der Waals surface area contributed by atoms with E-state index in [0.29, 0.717) is 54.9 Å². The average Bonchev–Trinajstić information content (AvgIpc) is 2.83. The number of benzene rings is 2. The summed E-state index contributed by atoms with van der Waals surface area (Å²) >= 11 is 0. The summed E-state index contributed by atoms with van der Waals surface area (Å²) in [6, 6.07) is 16.8. The van der Waals surface area contributed by atoms with Crippen LogP contribution in [0, 0.1) is 0 Å². The molecule has 31 heavy (non-hydrogen) atoms. The highest BCUT2D eigenvalue weighted by atomic mass is 16.6. The fourth-order valence-corrected chi connectivity index (χ4v) is 3.51. The zero-order chi connectivity index (χ0) is 21.6. The van der Waals surface area contributed by atoms with Crippen LogP contribution in [0.5, 0.6) is 17.2 Å². The molecule has 1 aliphatic rings. The normalized spacial score (nSPS) is 12.2. The van der Waals surface area contributed by atoms with Gasteiger partial charge in [-0.15, -0.1) is 0 Å². The van der Waals surface area contributed by atoms with E-state index in [1.54, 1.807) is 30.3 Å². The molecule has 160 valence electrons. The third-order valence-corrected chi connectivity index (χ3v) is 5.08. The van der Waals surface area contributed by atoms with Crippen molar-refractivity contribution in [3.63, 3.8) is 0 Å². The molecule has 0 radical (unpaired) electrons. The number of hydrogen-bond donors (Lipinski definition) is 1. The van der Waals surface area contributed by atoms with Crippen LogP contribution in [0.3, 0.4) is 0 Å². The maximum atomic E-state index is 13.5. The number of para-hydroxylation sites is 3. The Morgan fingerprint density at radius 2 is 1.94 bits per heavy atom. The molecule has 2 heterocycles. The first-order valence-corrected chi connectivity index (χ1v) is 10.2. The van der Waals surface area contributed by atoms with Crippen LogP contribution in [0.4, 0.5) is 11.5 Å². The Morgan fingerprint density at radius 3 is 2.77 bits per heavy atom. The first kappa shape index (κ1) is 20.5. The van der Waals surface area contributed by atoms with Crippen molar-refractivity contribution in [3.05, 3.63) is 71.9 Å². The van der Waals surface area contributed by atoms with E-state index in [1.807, 2.05) is 49.4 Å². The van der Waals surface area contributed by atoms with Crippen molar-refractivity contribution in [2.45, 2.75) is 13.5 Å². The average molecular weight is 419 g/mol. The molecule has 7 heteroatoms. The molecule has 1 N–H and O–H groups in total. The van der Waals surface area contributed by atoms with Crippen LogP contribution >= 0.6 is 0 Å². The lowest BCUT2D eigenvalue weighted by Crippen LogP contribution is -2.31. The molecule has 0 fully saturated rings. The number of rotatable bonds is 7. The molecule has 1 aromatic heterocycles. The van der Waals surface area contributed by atoms with Crippen LogP contribution in [0.1, 0.15) is 22.8 Å². The summed E-state index contributed by atoms with van der Waals surface area (Å²) in [5.41, 5.74) is 2.14. The van der Waals surface area contributed by atoms with Gasteiger partial charge in [-0.25, -0.2) is 4.98 Å². The fraction of sp³-hybridized carbons (Fsp3) is 0.250. The summed E-state index contributed by atoms with van der Waals surface area (Å²) in [7, 11) is 1.61. The largest absolute Gasteiger partial charge is 0.495 e. The number of fused-ring (bicyclic) bond motifs is 1. The number of hydrogen-bond acceptors (Lipinski definition) is 6. The number of anilines is 2. The Labute approximate surface area is 181 Å². The molecule has 0 aliphatic carbocycles. The molecule has 0 bridgehead atoms. The van der Waals surface area contributed by atoms with Crippen LogP contribution < -0.4 is 19.5 Å². The highest BCUT2D eigenvalue weighted by Crippen LogP contribution is 2.35. The van der Waals surface area contributed by atoms with Crippen molar-refractivity contribution in [3.8, 4) is 17.2 Å². The molecule has 1 aliphatic heterocycles. The Bertz CT molecular complexity index is 1070. The van der Waals surface area contributed by atoms with Gasteiger partial charge in [0, 0.05) is 24.8 Å². The topological polar surface area (TPSA) is 72.9 Å². The SMILES string of the molecule is CCN(Cc1cccc2c1OCCO2)C(=O)c1cccnc1Nc1ccccc1OC. The highest BCUT2D eigenvalue weighted by Gasteiger charge is 2.23. The number of ether oxygens (including phenoxy) is 3. The fourth-order valence-electron chi connectivity index (χ4n) is 3.51. The van der Waals surface area contributed by atoms with Gasteiger partial charge >= 0.3 is 0 Å². The molecule has 0 spiro atoms. The van der Waals surface area contributed by atoms with E-state index in [9.17, 15) is 4.79 Å². The molecule has 2 aromatic carbocycles. The molecule has 0 unspecified atom stereocenters. The van der Waals surface area contributed by atoms with Crippen molar-refractivity contribution in [2.24, 2.45) is 0 Å². The van der Waals surface area contributed by atoms with Gasteiger partial charge in [-0.05, 0) is 37.3 Å². The van der Waals surface area contributed by atoms with Crippen molar-refractivity contribution in [1.82, 2.24) is 9.88 Å². The van der Waals surface area contributed by atoms with Gasteiger partial charge in [-0.1, -0.05) is 24.3 Å². The lowest BCUT2D eigenvalue weighted by atomic mass is 10.1. The van der Waals surface area contributed by atoms with E-state index in [1.165, 1.54) is 0 Å². The minimum atomic E-state index is -0.123. The molecule has 1 amide bonds. The molecule has 0 atom stereocenters. The molecule has 4 rings (SSSR count). The Balaban J connectivity index is 1.60. The summed E-state index contributed by atoms with van der Waals surface area (Å²) in [5.74, 6) is 2.45. The first-order valence-electron chi connectivity index (χ1n) is 10.2. The molecule has 0 saturated carbocycles. The predicted molar refractivity (Wildman–Crippen MR) is 118 cm³/mol. The molecule has 7 nitrogen and oxygen atoms in total. The van der Waals surface area contributed by atoms with E-state index in [-0.39, 0.29) is 5.91 Å². The lowest BCUT2D eigenvalue weighted by molar-refractivity contribution is 0.0750. The third kappa shape index (κ3) is 4.40. The van der Waals surface area contributed by atoms with Crippen LogP contribution in [-0.2, 0) is 6.54 Å². The summed E-state index contributed by atoms with van der Waals surface area (Å²) in [4.78, 5) is 19.6. The number of nitrogens with zero attached hydrogens (tertiary/aromatic N) is 2. The van der Waals surface area contributed by atoms with Crippen molar-refractivity contribution >= 4 is 17.4 Å². The first-order chi connectivity index (χ1) is 15.2. The minimum absolute atomic E-state index is 0.123. The number of amides is 1. The zero-order valence-corrected chi connectivity index (χ0v) is 17.6. The van der Waals surface area contributed by atoms with Crippen LogP contribution in [0.15, 0.2) is 60.8 Å². The van der Waals surface area contributed by atoms with Crippen LogP contribution in [0.25, 0.3) is 0 Å². The maximum Gasteiger partial charge on any atom is 0.257 e. The van der Waals surface area contributed by atoms with E-state index in [0.717, 1.165) is 11.3 Å². The van der Waals surface area contributed by atoms with Crippen molar-refractivity contribution in [2.75, 3.05) is 32.2 Å². The smallest absolute Gasteiger partial charge is 0.257 e. The van der Waals surface area contributed by atoms with E-state index in [4.69, 9.17) is 14.2 Å². The summed E-state index contributed by atoms with van der Waals surface area (Å²) in [5, 5.41) is 3.24. The van der Waals surface area contributed by atoms with Gasteiger partial charge in [0.1, 0.15) is 24.8 Å². The number of nitrogens with one attached hydrogen (secondary N) is 1. The van der Waals surface area contributed by atoms with Gasteiger partial charge in [-0.2, -0.15) is 0 Å². The van der Waals surface area contributed by atoms with Crippen LogP contribution in [-0.4, -0.2) is 42.7 Å². The third-order valence-electron chi connectivity index (χ3n) is 5.08. The Hall–Kier alpha value is -3.74. The monoisotopic (exact) mass is 419 g/mol. The number of methoxy groups -OCH3 is 1. The van der Waals surface area contributed by atoms with E-state index in [2.05, 4.69) is 10.3 Å². The zero-order valence-electron chi connectivity index (χ0n) is 17.6. The number of pyridine rings is 1. The van der Waals surface area contributed by atoms with Crippen LogP contribution in [0.2, 0.25) is 0 Å². The lowest BCUT2D eigenvalue weighted by Gasteiger charge is -2.26. The maximum absolute atomic E-state index is 13.5. The highest BCUT2D eigenvalue weighted by molar-refractivity contribution is 5.99. The quantitative estimate of drug-likeness (QED) is 0.617. The molecule has 0 saturated heterocycles. The summed E-state index contributed by atoms with van der Waals surface area (Å²) in [6.07, 6.45) is 1.66. The second-order valence-electron chi connectivity index (χ2n) is 6.99. The van der Waals surface area contributed by atoms with Gasteiger partial charge in [0.25, 0.3) is 5.91 Å². The Kier molecular flexibility index (Phi) is 6.21. The van der Waals surface area contributed by atoms with Gasteiger partial charge in [-0.3, -0.25) is 4.79 Å². The number of carbonyl (C=O) groups is 1. The molecular weight excluding hydrogens is 394 g/mol. The van der Waals surface area contributed by atoms with Gasteiger partial charge in [0.05, 0.1) is 18.4 Å². The van der Waals surface area contributed by atoms with E-state index >= 15 is 0 Å². The van der Waals surface area contributed by atoms with Gasteiger partial charge in [0.15, 0.2) is 11.5 Å².